The first-order valence-electron chi connectivity index (χ1n) is 9.02. The van der Waals surface area contributed by atoms with Crippen LogP contribution in [0.3, 0.4) is 0 Å². The Hall–Kier alpha value is -2.44. The van der Waals surface area contributed by atoms with Crippen molar-refractivity contribution in [1.29, 1.82) is 10.7 Å². The van der Waals surface area contributed by atoms with E-state index >= 15 is 0 Å². The Morgan fingerprint density at radius 2 is 2.10 bits per heavy atom. The van der Waals surface area contributed by atoms with E-state index in [1.807, 2.05) is 13.0 Å². The molecule has 1 amide bonds. The Labute approximate surface area is 172 Å². The van der Waals surface area contributed by atoms with Crippen LogP contribution in [-0.2, 0) is 15.5 Å². The van der Waals surface area contributed by atoms with Crippen molar-refractivity contribution in [2.75, 3.05) is 20.8 Å². The number of allylic oxidation sites excluding steroid dienone is 1. The summed E-state index contributed by atoms with van der Waals surface area (Å²) in [6.07, 6.45) is 2.46. The summed E-state index contributed by atoms with van der Waals surface area (Å²) >= 11 is 1.37. The molecule has 0 bridgehead atoms. The molecular weight excluding hydrogens is 398 g/mol. The van der Waals surface area contributed by atoms with Crippen LogP contribution in [0.25, 0.3) is 0 Å². The van der Waals surface area contributed by atoms with Gasteiger partial charge in [-0.2, -0.15) is 14.0 Å². The fraction of sp³-hybridized carbons (Fsp3) is 0.450. The summed E-state index contributed by atoms with van der Waals surface area (Å²) in [6, 6.07) is 7.85. The third kappa shape index (κ3) is 3.74. The molecule has 2 aliphatic heterocycles. The number of nitriles is 1. The van der Waals surface area contributed by atoms with Gasteiger partial charge in [-0.1, -0.05) is 30.3 Å². The molecule has 2 N–H and O–H groups in total. The summed E-state index contributed by atoms with van der Waals surface area (Å²) in [6.45, 7) is 1.08. The standard InChI is InChI=1S/C20H22F2N4O2S/c1-19(15-9-8-14(10-23)29-15)16(17(27)26(2)18(24)25-19)12-4-6-13(7-5-12)20(21,22)11-28-3/h4-7,9,14,16H,8,11H2,1-3H3,(H2,24,25)/t14?,16-,19+/m0/s1. The minimum absolute atomic E-state index is 0.0427. The van der Waals surface area contributed by atoms with Gasteiger partial charge in [-0.15, -0.1) is 11.8 Å². The van der Waals surface area contributed by atoms with Crippen LogP contribution in [0, 0.1) is 16.7 Å². The van der Waals surface area contributed by atoms with E-state index in [2.05, 4.69) is 16.1 Å². The second-order valence-electron chi connectivity index (χ2n) is 7.31. The third-order valence-corrected chi connectivity index (χ3v) is 6.73. The van der Waals surface area contributed by atoms with Crippen molar-refractivity contribution in [1.82, 2.24) is 10.2 Å². The van der Waals surface area contributed by atoms with E-state index in [9.17, 15) is 18.8 Å². The van der Waals surface area contributed by atoms with Gasteiger partial charge in [0.05, 0.1) is 22.8 Å². The van der Waals surface area contributed by atoms with E-state index in [1.54, 1.807) is 0 Å². The molecule has 0 saturated carbocycles. The van der Waals surface area contributed by atoms with Crippen LogP contribution in [0.4, 0.5) is 8.78 Å². The molecule has 9 heteroatoms. The number of halogens is 2. The zero-order chi connectivity index (χ0) is 21.4. The highest BCUT2D eigenvalue weighted by molar-refractivity contribution is 8.04. The molecule has 1 fully saturated rings. The summed E-state index contributed by atoms with van der Waals surface area (Å²) < 4.78 is 32.8. The SMILES string of the molecule is COCC(F)(F)c1ccc([C@H]2C(=O)N(C)C(=N)N[C@]2(C)C2=CCC(C#N)S2)cc1. The lowest BCUT2D eigenvalue weighted by Crippen LogP contribution is -2.64. The molecule has 6 nitrogen and oxygen atoms in total. The summed E-state index contributed by atoms with van der Waals surface area (Å²) in [7, 11) is 2.71. The molecule has 1 unspecified atom stereocenters. The Balaban J connectivity index is 2.00. The minimum Gasteiger partial charge on any atom is -0.378 e. The minimum atomic E-state index is -3.13. The molecule has 1 aromatic rings. The number of alkyl halides is 2. The number of carbonyl (C=O) groups excluding carboxylic acids is 1. The highest BCUT2D eigenvalue weighted by Crippen LogP contribution is 2.47. The van der Waals surface area contributed by atoms with Gasteiger partial charge in [-0.3, -0.25) is 15.1 Å². The topological polar surface area (TPSA) is 89.2 Å². The van der Waals surface area contributed by atoms with Crippen LogP contribution in [0.5, 0.6) is 0 Å². The number of hydrogen-bond acceptors (Lipinski definition) is 5. The van der Waals surface area contributed by atoms with E-state index in [1.165, 1.54) is 55.1 Å². The van der Waals surface area contributed by atoms with Crippen LogP contribution in [0.15, 0.2) is 35.2 Å². The molecule has 2 aliphatic rings. The lowest BCUT2D eigenvalue weighted by atomic mass is 9.77. The van der Waals surface area contributed by atoms with Gasteiger partial charge in [0.1, 0.15) is 6.61 Å². The fourth-order valence-corrected chi connectivity index (χ4v) is 4.85. The summed E-state index contributed by atoms with van der Waals surface area (Å²) in [5, 5.41) is 20.2. The summed E-state index contributed by atoms with van der Waals surface area (Å²) in [4.78, 5) is 15.1. The molecule has 0 spiro atoms. The van der Waals surface area contributed by atoms with E-state index in [0.717, 1.165) is 4.91 Å². The number of ether oxygens (including phenoxy) is 1. The van der Waals surface area contributed by atoms with Crippen molar-refractivity contribution in [2.24, 2.45) is 0 Å². The maximum atomic E-state index is 14.1. The Morgan fingerprint density at radius 3 is 2.66 bits per heavy atom. The number of thioether (sulfide) groups is 1. The van der Waals surface area contributed by atoms with Crippen LogP contribution in [0.2, 0.25) is 0 Å². The van der Waals surface area contributed by atoms with Crippen LogP contribution in [-0.4, -0.2) is 48.3 Å². The zero-order valence-corrected chi connectivity index (χ0v) is 17.1. The number of carbonyl (C=O) groups is 1. The molecule has 2 heterocycles. The number of hydrogen-bond donors (Lipinski definition) is 2. The van der Waals surface area contributed by atoms with Gasteiger partial charge in [0, 0.05) is 24.6 Å². The molecule has 154 valence electrons. The molecule has 1 saturated heterocycles. The van der Waals surface area contributed by atoms with Gasteiger partial charge >= 0.3 is 0 Å². The number of nitrogens with one attached hydrogen (secondary N) is 2. The van der Waals surface area contributed by atoms with Crippen LogP contribution >= 0.6 is 11.8 Å². The summed E-state index contributed by atoms with van der Waals surface area (Å²) in [5.74, 6) is -4.22. The molecule has 3 rings (SSSR count). The third-order valence-electron chi connectivity index (χ3n) is 5.30. The summed E-state index contributed by atoms with van der Waals surface area (Å²) in [5.41, 5.74) is -0.586. The average Bonchev–Trinajstić information content (AvgIpc) is 3.17. The monoisotopic (exact) mass is 420 g/mol. The smallest absolute Gasteiger partial charge is 0.296 e. The van der Waals surface area contributed by atoms with Gasteiger partial charge in [-0.25, -0.2) is 0 Å². The van der Waals surface area contributed by atoms with Crippen molar-refractivity contribution in [3.8, 4) is 6.07 Å². The Bertz CT molecular complexity index is 897. The molecule has 0 aliphatic carbocycles. The second kappa shape index (κ2) is 7.76. The van der Waals surface area contributed by atoms with E-state index in [0.29, 0.717) is 12.0 Å². The lowest BCUT2D eigenvalue weighted by Gasteiger charge is -2.46. The van der Waals surface area contributed by atoms with E-state index in [4.69, 9.17) is 5.41 Å². The van der Waals surface area contributed by atoms with Crippen LogP contribution in [0.1, 0.15) is 30.4 Å². The van der Waals surface area contributed by atoms with Gasteiger partial charge < -0.3 is 10.1 Å². The highest BCUT2D eigenvalue weighted by atomic mass is 32.2. The molecule has 3 atom stereocenters. The molecule has 1 aromatic carbocycles. The van der Waals surface area contributed by atoms with E-state index < -0.39 is 24.0 Å². The van der Waals surface area contributed by atoms with E-state index in [-0.39, 0.29) is 22.7 Å². The molecule has 29 heavy (non-hydrogen) atoms. The highest BCUT2D eigenvalue weighted by Gasteiger charge is 2.51. The largest absolute Gasteiger partial charge is 0.378 e. The first kappa shape index (κ1) is 21.3. The number of amides is 1. The average molecular weight is 420 g/mol. The van der Waals surface area contributed by atoms with Crippen molar-refractivity contribution in [3.05, 3.63) is 46.4 Å². The zero-order valence-electron chi connectivity index (χ0n) is 16.3. The Kier molecular flexibility index (Phi) is 5.70. The van der Waals surface area contributed by atoms with Crippen molar-refractivity contribution < 1.29 is 18.3 Å². The maximum Gasteiger partial charge on any atom is 0.296 e. The maximum absolute atomic E-state index is 14.1. The lowest BCUT2D eigenvalue weighted by molar-refractivity contribution is -0.130. The van der Waals surface area contributed by atoms with Crippen molar-refractivity contribution >= 4 is 23.6 Å². The van der Waals surface area contributed by atoms with Crippen LogP contribution < -0.4 is 5.32 Å². The number of benzene rings is 1. The van der Waals surface area contributed by atoms with Crippen molar-refractivity contribution in [3.63, 3.8) is 0 Å². The fourth-order valence-electron chi connectivity index (χ4n) is 3.69. The molecular formula is C20H22F2N4O2S. The first-order valence-corrected chi connectivity index (χ1v) is 9.90. The Morgan fingerprint density at radius 1 is 1.45 bits per heavy atom. The normalized spacial score (nSPS) is 27.4. The first-order chi connectivity index (χ1) is 13.6. The molecule has 0 radical (unpaired) electrons. The number of nitrogens with zero attached hydrogens (tertiary/aromatic N) is 2. The van der Waals surface area contributed by atoms with Crippen molar-refractivity contribution in [2.45, 2.75) is 36.0 Å². The number of guanidine groups is 1. The number of likely N-dealkylation sites (N-methyl/N-ethyl adjacent to an activating group) is 1. The predicted octanol–water partition coefficient (Wildman–Crippen LogP) is 3.18. The van der Waals surface area contributed by atoms with Gasteiger partial charge in [0.15, 0.2) is 5.96 Å². The molecule has 0 aromatic heterocycles. The number of rotatable bonds is 5. The van der Waals surface area contributed by atoms with Gasteiger partial charge in [0.2, 0.25) is 5.91 Å². The second-order valence-corrected chi connectivity index (χ2v) is 8.55. The number of methoxy groups -OCH3 is 1. The quantitative estimate of drug-likeness (QED) is 0.764. The predicted molar refractivity (Wildman–Crippen MR) is 107 cm³/mol. The van der Waals surface area contributed by atoms with Gasteiger partial charge in [-0.05, 0) is 18.9 Å². The van der Waals surface area contributed by atoms with Gasteiger partial charge in [0.25, 0.3) is 5.92 Å².